The molecule has 0 N–H and O–H groups in total. The summed E-state index contributed by atoms with van der Waals surface area (Å²) in [4.78, 5) is 14.7. The highest BCUT2D eigenvalue weighted by Gasteiger charge is 2.24. The van der Waals surface area contributed by atoms with E-state index in [9.17, 15) is 10.1 Å². The van der Waals surface area contributed by atoms with Crippen molar-refractivity contribution in [2.75, 3.05) is 14.2 Å². The van der Waals surface area contributed by atoms with E-state index >= 15 is 0 Å². The summed E-state index contributed by atoms with van der Waals surface area (Å²) >= 11 is 0. The van der Waals surface area contributed by atoms with Crippen LogP contribution < -0.4 is 9.47 Å². The lowest BCUT2D eigenvalue weighted by atomic mass is 10.1. The minimum Gasteiger partial charge on any atom is -0.493 e. The van der Waals surface area contributed by atoms with Gasteiger partial charge in [0.25, 0.3) is 0 Å². The van der Waals surface area contributed by atoms with Crippen molar-refractivity contribution < 1.29 is 14.4 Å². The van der Waals surface area contributed by atoms with Gasteiger partial charge in [-0.25, -0.2) is 0 Å². The molecular weight excluding hydrogens is 224 g/mol. The second kappa shape index (κ2) is 4.25. The summed E-state index contributed by atoms with van der Waals surface area (Å²) in [6, 6.07) is 4.88. The summed E-state index contributed by atoms with van der Waals surface area (Å²) in [6.07, 6.45) is 1.57. The molecule has 0 aliphatic rings. The Balaban J connectivity index is 2.90. The Morgan fingerprint density at radius 3 is 2.71 bits per heavy atom. The largest absolute Gasteiger partial charge is 0.493 e. The number of nitro groups is 1. The molecular formula is C11H10N2O4. The summed E-state index contributed by atoms with van der Waals surface area (Å²) in [6.45, 7) is 0. The van der Waals surface area contributed by atoms with Gasteiger partial charge in [0.05, 0.1) is 30.0 Å². The third-order valence-electron chi connectivity index (χ3n) is 2.41. The fourth-order valence-electron chi connectivity index (χ4n) is 1.69. The van der Waals surface area contributed by atoms with E-state index in [1.165, 1.54) is 14.2 Å². The van der Waals surface area contributed by atoms with Crippen LogP contribution in [0.4, 0.5) is 5.69 Å². The van der Waals surface area contributed by atoms with Crippen molar-refractivity contribution in [1.82, 2.24) is 4.98 Å². The van der Waals surface area contributed by atoms with E-state index < -0.39 is 4.92 Å². The molecule has 0 aliphatic carbocycles. The molecule has 0 radical (unpaired) electrons. The van der Waals surface area contributed by atoms with Gasteiger partial charge in [0.1, 0.15) is 0 Å². The number of nitro benzene ring substituents is 1. The molecule has 6 heteroatoms. The molecule has 2 aromatic rings. The minimum atomic E-state index is -0.495. The molecule has 88 valence electrons. The van der Waals surface area contributed by atoms with Crippen molar-refractivity contribution in [3.8, 4) is 11.5 Å². The van der Waals surface area contributed by atoms with Crippen LogP contribution in [0, 0.1) is 10.1 Å². The predicted molar refractivity (Wildman–Crippen MR) is 61.5 cm³/mol. The topological polar surface area (TPSA) is 74.5 Å². The van der Waals surface area contributed by atoms with Crippen LogP contribution in [-0.4, -0.2) is 24.1 Å². The van der Waals surface area contributed by atoms with E-state index in [1.807, 2.05) is 0 Å². The maximum Gasteiger partial charge on any atom is 0.324 e. The molecule has 1 heterocycles. The lowest BCUT2D eigenvalue weighted by molar-refractivity contribution is -0.384. The highest BCUT2D eigenvalue weighted by Crippen LogP contribution is 2.42. The van der Waals surface area contributed by atoms with Crippen molar-refractivity contribution in [3.63, 3.8) is 0 Å². The van der Waals surface area contributed by atoms with Crippen LogP contribution >= 0.6 is 0 Å². The third kappa shape index (κ3) is 1.73. The van der Waals surface area contributed by atoms with Gasteiger partial charge < -0.3 is 9.47 Å². The second-order valence-corrected chi connectivity index (χ2v) is 3.29. The Morgan fingerprint density at radius 2 is 2.12 bits per heavy atom. The summed E-state index contributed by atoms with van der Waals surface area (Å²) < 4.78 is 10.1. The molecule has 1 aromatic carbocycles. The van der Waals surface area contributed by atoms with Crippen LogP contribution in [0.1, 0.15) is 0 Å². The maximum absolute atomic E-state index is 11.1. The Hall–Kier alpha value is -2.37. The maximum atomic E-state index is 11.1. The number of hydrogen-bond acceptors (Lipinski definition) is 5. The standard InChI is InChI=1S/C11H10N2O4/c1-16-9-6-8-7(4-3-5-12-8)10(13(14)15)11(9)17-2/h3-6H,1-2H3. The number of ether oxygens (including phenoxy) is 2. The molecule has 0 saturated carbocycles. The first kappa shape index (κ1) is 11.1. The first-order valence-electron chi connectivity index (χ1n) is 4.83. The molecule has 17 heavy (non-hydrogen) atoms. The van der Waals surface area contributed by atoms with Crippen molar-refractivity contribution >= 4 is 16.6 Å². The number of pyridine rings is 1. The first-order valence-corrected chi connectivity index (χ1v) is 4.83. The van der Waals surface area contributed by atoms with E-state index in [2.05, 4.69) is 4.98 Å². The minimum absolute atomic E-state index is 0.109. The monoisotopic (exact) mass is 234 g/mol. The molecule has 0 bridgehead atoms. The number of aromatic nitrogens is 1. The molecule has 1 aromatic heterocycles. The molecule has 0 fully saturated rings. The molecule has 6 nitrogen and oxygen atoms in total. The average molecular weight is 234 g/mol. The smallest absolute Gasteiger partial charge is 0.324 e. The summed E-state index contributed by atoms with van der Waals surface area (Å²) in [5.41, 5.74) is 0.367. The summed E-state index contributed by atoms with van der Waals surface area (Å²) in [7, 11) is 2.80. The third-order valence-corrected chi connectivity index (χ3v) is 2.41. The molecule has 0 amide bonds. The zero-order valence-corrected chi connectivity index (χ0v) is 9.34. The van der Waals surface area contributed by atoms with Crippen LogP contribution in [0.5, 0.6) is 11.5 Å². The molecule has 0 atom stereocenters. The van der Waals surface area contributed by atoms with E-state index in [0.29, 0.717) is 16.7 Å². The van der Waals surface area contributed by atoms with Crippen LogP contribution in [0.25, 0.3) is 10.9 Å². The van der Waals surface area contributed by atoms with E-state index in [-0.39, 0.29) is 11.4 Å². The van der Waals surface area contributed by atoms with Gasteiger partial charge in [-0.2, -0.15) is 0 Å². The van der Waals surface area contributed by atoms with Crippen molar-refractivity contribution in [2.45, 2.75) is 0 Å². The number of fused-ring (bicyclic) bond motifs is 1. The lowest BCUT2D eigenvalue weighted by Gasteiger charge is -2.09. The van der Waals surface area contributed by atoms with Gasteiger partial charge in [-0.15, -0.1) is 0 Å². The molecule has 0 aliphatic heterocycles. The van der Waals surface area contributed by atoms with Crippen LogP contribution in [0.15, 0.2) is 24.4 Å². The van der Waals surface area contributed by atoms with Crippen molar-refractivity contribution in [2.24, 2.45) is 0 Å². The molecule has 0 unspecified atom stereocenters. The summed E-state index contributed by atoms with van der Waals surface area (Å²) in [5.74, 6) is 0.406. The fourth-order valence-corrected chi connectivity index (χ4v) is 1.69. The second-order valence-electron chi connectivity index (χ2n) is 3.29. The molecule has 0 spiro atoms. The molecule has 0 saturated heterocycles. The van der Waals surface area contributed by atoms with Gasteiger partial charge in [-0.3, -0.25) is 15.1 Å². The van der Waals surface area contributed by atoms with Crippen LogP contribution in [0.3, 0.4) is 0 Å². The van der Waals surface area contributed by atoms with Gasteiger partial charge in [0.2, 0.25) is 5.75 Å². The van der Waals surface area contributed by atoms with E-state index in [0.717, 1.165) is 0 Å². The zero-order valence-electron chi connectivity index (χ0n) is 9.34. The predicted octanol–water partition coefficient (Wildman–Crippen LogP) is 2.16. The Labute approximate surface area is 96.9 Å². The van der Waals surface area contributed by atoms with Gasteiger partial charge in [0, 0.05) is 12.3 Å². The SMILES string of the molecule is COc1cc2ncccc2c([N+](=O)[O-])c1OC. The first-order chi connectivity index (χ1) is 8.19. The average Bonchev–Trinajstić information content (AvgIpc) is 2.35. The van der Waals surface area contributed by atoms with Crippen LogP contribution in [-0.2, 0) is 0 Å². The normalized spacial score (nSPS) is 10.2. The number of nitrogens with zero attached hydrogens (tertiary/aromatic N) is 2. The highest BCUT2D eigenvalue weighted by atomic mass is 16.6. The zero-order chi connectivity index (χ0) is 12.4. The Morgan fingerprint density at radius 1 is 1.35 bits per heavy atom. The van der Waals surface area contributed by atoms with Gasteiger partial charge in [0.15, 0.2) is 5.75 Å². The quantitative estimate of drug-likeness (QED) is 0.600. The Kier molecular flexibility index (Phi) is 2.78. The van der Waals surface area contributed by atoms with Gasteiger partial charge in [-0.05, 0) is 12.1 Å². The Bertz CT molecular complexity index is 583. The van der Waals surface area contributed by atoms with Crippen LogP contribution in [0.2, 0.25) is 0 Å². The van der Waals surface area contributed by atoms with Crippen molar-refractivity contribution in [3.05, 3.63) is 34.5 Å². The number of methoxy groups -OCH3 is 2. The van der Waals surface area contributed by atoms with E-state index in [4.69, 9.17) is 9.47 Å². The summed E-state index contributed by atoms with van der Waals surface area (Å²) in [5, 5.41) is 11.5. The van der Waals surface area contributed by atoms with Gasteiger partial charge >= 0.3 is 5.69 Å². The number of hydrogen-bond donors (Lipinski definition) is 0. The van der Waals surface area contributed by atoms with Crippen molar-refractivity contribution in [1.29, 1.82) is 0 Å². The number of rotatable bonds is 3. The molecule has 2 rings (SSSR count). The lowest BCUT2D eigenvalue weighted by Crippen LogP contribution is -1.98. The van der Waals surface area contributed by atoms with Gasteiger partial charge in [-0.1, -0.05) is 0 Å². The van der Waals surface area contributed by atoms with E-state index in [1.54, 1.807) is 24.4 Å². The fraction of sp³-hybridized carbons (Fsp3) is 0.182. The highest BCUT2D eigenvalue weighted by molar-refractivity contribution is 5.93. The number of benzene rings is 1.